The summed E-state index contributed by atoms with van der Waals surface area (Å²) < 4.78 is 4.67. The largest absolute Gasteiger partial charge is 0.465 e. The zero-order valence-corrected chi connectivity index (χ0v) is 9.48. The smallest absolute Gasteiger partial charge is 0.350 e. The van der Waals surface area contributed by atoms with Gasteiger partial charge < -0.3 is 10.1 Å². The van der Waals surface area contributed by atoms with E-state index < -0.39 is 0 Å². The number of rotatable bonds is 4. The summed E-state index contributed by atoms with van der Waals surface area (Å²) in [6, 6.07) is 1.90. The molecule has 1 N–H and O–H groups in total. The highest BCUT2D eigenvalue weighted by molar-refractivity contribution is 7.12. The maximum atomic E-state index is 11.3. The van der Waals surface area contributed by atoms with Crippen LogP contribution in [-0.2, 0) is 4.74 Å². The molecule has 1 heterocycles. The Morgan fingerprint density at radius 1 is 1.64 bits per heavy atom. The molecular weight excluding hydrogens is 198 g/mol. The number of nitrogens with one attached hydrogen (secondary N) is 1. The zero-order valence-electron chi connectivity index (χ0n) is 8.66. The number of thiophene rings is 1. The van der Waals surface area contributed by atoms with Crippen molar-refractivity contribution in [1.82, 2.24) is 0 Å². The summed E-state index contributed by atoms with van der Waals surface area (Å²) in [4.78, 5) is 11.9. The second-order valence-corrected chi connectivity index (χ2v) is 4.35. The number of ether oxygens (including phenoxy) is 1. The van der Waals surface area contributed by atoms with Gasteiger partial charge in [0.25, 0.3) is 0 Å². The van der Waals surface area contributed by atoms with Gasteiger partial charge >= 0.3 is 5.97 Å². The van der Waals surface area contributed by atoms with E-state index in [1.807, 2.05) is 11.4 Å². The first-order valence-corrected chi connectivity index (χ1v) is 5.42. The minimum absolute atomic E-state index is 0.272. The van der Waals surface area contributed by atoms with Gasteiger partial charge in [0.15, 0.2) is 0 Å². The van der Waals surface area contributed by atoms with E-state index in [0.717, 1.165) is 12.2 Å². The third-order valence-electron chi connectivity index (χ3n) is 1.74. The van der Waals surface area contributed by atoms with E-state index in [1.54, 1.807) is 0 Å². The lowest BCUT2D eigenvalue weighted by Gasteiger charge is -2.08. The maximum absolute atomic E-state index is 11.3. The molecule has 0 aliphatic carbocycles. The quantitative estimate of drug-likeness (QED) is 0.781. The van der Waals surface area contributed by atoms with Crippen molar-refractivity contribution >= 4 is 23.0 Å². The van der Waals surface area contributed by atoms with Crippen LogP contribution in [0.25, 0.3) is 0 Å². The van der Waals surface area contributed by atoms with Crippen molar-refractivity contribution < 1.29 is 9.53 Å². The minimum atomic E-state index is -0.272. The molecule has 4 heteroatoms. The maximum Gasteiger partial charge on any atom is 0.350 e. The molecule has 3 nitrogen and oxygen atoms in total. The predicted octanol–water partition coefficient (Wildman–Crippen LogP) is 2.60. The molecule has 0 radical (unpaired) electrons. The van der Waals surface area contributed by atoms with Gasteiger partial charge in [-0.05, 0) is 17.4 Å². The van der Waals surface area contributed by atoms with Crippen LogP contribution >= 0.6 is 11.3 Å². The Hall–Kier alpha value is -1.03. The molecule has 78 valence electrons. The molecule has 0 aliphatic rings. The molecule has 1 aromatic rings. The average Bonchev–Trinajstić information content (AvgIpc) is 2.61. The van der Waals surface area contributed by atoms with Crippen molar-refractivity contribution in [1.29, 1.82) is 0 Å². The lowest BCUT2D eigenvalue weighted by atomic mass is 10.2. The molecule has 0 saturated carbocycles. The summed E-state index contributed by atoms with van der Waals surface area (Å²) in [5, 5.41) is 5.10. The van der Waals surface area contributed by atoms with Gasteiger partial charge in [-0.25, -0.2) is 4.79 Å². The van der Waals surface area contributed by atoms with Crippen LogP contribution in [-0.4, -0.2) is 19.6 Å². The third kappa shape index (κ3) is 2.73. The zero-order chi connectivity index (χ0) is 10.6. The molecule has 0 fully saturated rings. The van der Waals surface area contributed by atoms with E-state index in [2.05, 4.69) is 23.9 Å². The number of hydrogen-bond acceptors (Lipinski definition) is 4. The van der Waals surface area contributed by atoms with Crippen molar-refractivity contribution in [2.45, 2.75) is 13.8 Å². The predicted molar refractivity (Wildman–Crippen MR) is 59.0 cm³/mol. The van der Waals surface area contributed by atoms with Crippen LogP contribution in [0.3, 0.4) is 0 Å². The number of anilines is 1. The average molecular weight is 213 g/mol. The van der Waals surface area contributed by atoms with Crippen LogP contribution in [0.15, 0.2) is 11.4 Å². The highest BCUT2D eigenvalue weighted by atomic mass is 32.1. The van der Waals surface area contributed by atoms with Crippen molar-refractivity contribution in [2.75, 3.05) is 19.0 Å². The van der Waals surface area contributed by atoms with Gasteiger partial charge in [0, 0.05) is 6.54 Å². The number of hydrogen-bond donors (Lipinski definition) is 1. The Morgan fingerprint density at radius 2 is 2.36 bits per heavy atom. The first-order valence-electron chi connectivity index (χ1n) is 4.54. The Morgan fingerprint density at radius 3 is 2.93 bits per heavy atom. The van der Waals surface area contributed by atoms with Gasteiger partial charge in [-0.2, -0.15) is 0 Å². The van der Waals surface area contributed by atoms with Crippen LogP contribution < -0.4 is 5.32 Å². The second-order valence-electron chi connectivity index (χ2n) is 3.43. The van der Waals surface area contributed by atoms with Gasteiger partial charge in [-0.1, -0.05) is 13.8 Å². The number of esters is 1. The highest BCUT2D eigenvalue weighted by Gasteiger charge is 2.12. The van der Waals surface area contributed by atoms with Crippen molar-refractivity contribution in [3.63, 3.8) is 0 Å². The molecule has 1 aromatic heterocycles. The summed E-state index contributed by atoms with van der Waals surface area (Å²) >= 11 is 1.40. The first kappa shape index (κ1) is 11.0. The molecule has 0 saturated heterocycles. The van der Waals surface area contributed by atoms with Crippen LogP contribution in [0, 0.1) is 5.92 Å². The van der Waals surface area contributed by atoms with Crippen molar-refractivity contribution in [2.24, 2.45) is 5.92 Å². The normalized spacial score (nSPS) is 10.3. The topological polar surface area (TPSA) is 38.3 Å². The van der Waals surface area contributed by atoms with Crippen molar-refractivity contribution in [3.8, 4) is 0 Å². The Bertz CT molecular complexity index is 307. The fraction of sp³-hybridized carbons (Fsp3) is 0.500. The van der Waals surface area contributed by atoms with Crippen LogP contribution in [0.1, 0.15) is 23.5 Å². The van der Waals surface area contributed by atoms with E-state index in [0.29, 0.717) is 10.8 Å². The molecule has 0 spiro atoms. The summed E-state index contributed by atoms with van der Waals surface area (Å²) in [5.41, 5.74) is 0.871. The van der Waals surface area contributed by atoms with Gasteiger partial charge in [0.05, 0.1) is 12.8 Å². The fourth-order valence-corrected chi connectivity index (χ4v) is 1.80. The highest BCUT2D eigenvalue weighted by Crippen LogP contribution is 2.23. The van der Waals surface area contributed by atoms with Crippen LogP contribution in [0.4, 0.5) is 5.69 Å². The number of methoxy groups -OCH3 is 1. The van der Waals surface area contributed by atoms with E-state index in [9.17, 15) is 4.79 Å². The second kappa shape index (κ2) is 5.00. The molecule has 0 aliphatic heterocycles. The minimum Gasteiger partial charge on any atom is -0.465 e. The van der Waals surface area contributed by atoms with E-state index >= 15 is 0 Å². The molecule has 1 rings (SSSR count). The Balaban J connectivity index is 2.67. The lowest BCUT2D eigenvalue weighted by molar-refractivity contribution is 0.0607. The van der Waals surface area contributed by atoms with Gasteiger partial charge in [0.1, 0.15) is 4.88 Å². The molecule has 0 unspecified atom stereocenters. The molecule has 0 bridgehead atoms. The summed E-state index contributed by atoms with van der Waals surface area (Å²) in [6.45, 7) is 5.11. The van der Waals surface area contributed by atoms with Gasteiger partial charge in [-0.3, -0.25) is 0 Å². The molecular formula is C10H15NO2S. The molecule has 0 aromatic carbocycles. The summed E-state index contributed by atoms with van der Waals surface area (Å²) in [7, 11) is 1.40. The number of carbonyl (C=O) groups excluding carboxylic acids is 1. The Kier molecular flexibility index (Phi) is 3.95. The SMILES string of the molecule is COC(=O)c1sccc1NCC(C)C. The van der Waals surface area contributed by atoms with Crippen molar-refractivity contribution in [3.05, 3.63) is 16.3 Å². The summed E-state index contributed by atoms with van der Waals surface area (Å²) in [5.74, 6) is 0.284. The lowest BCUT2D eigenvalue weighted by Crippen LogP contribution is -2.10. The first-order chi connectivity index (χ1) is 6.65. The third-order valence-corrected chi connectivity index (χ3v) is 2.63. The summed E-state index contributed by atoms with van der Waals surface area (Å²) in [6.07, 6.45) is 0. The monoisotopic (exact) mass is 213 g/mol. The fourth-order valence-electron chi connectivity index (χ4n) is 1.01. The van der Waals surface area contributed by atoms with Gasteiger partial charge in [0.2, 0.25) is 0 Å². The van der Waals surface area contributed by atoms with E-state index in [4.69, 9.17) is 0 Å². The molecule has 14 heavy (non-hydrogen) atoms. The van der Waals surface area contributed by atoms with Crippen LogP contribution in [0.2, 0.25) is 0 Å². The number of carbonyl (C=O) groups is 1. The van der Waals surface area contributed by atoms with Crippen LogP contribution in [0.5, 0.6) is 0 Å². The van der Waals surface area contributed by atoms with Gasteiger partial charge in [-0.15, -0.1) is 11.3 Å². The van der Waals surface area contributed by atoms with E-state index in [-0.39, 0.29) is 5.97 Å². The molecule has 0 amide bonds. The van der Waals surface area contributed by atoms with E-state index in [1.165, 1.54) is 18.4 Å². The Labute approximate surface area is 88.1 Å². The standard InChI is InChI=1S/C10H15NO2S/c1-7(2)6-11-8-4-5-14-9(8)10(12)13-3/h4-5,7,11H,6H2,1-3H3. The molecule has 0 atom stereocenters.